The molecule has 3 rings (SSSR count). The Morgan fingerprint density at radius 2 is 1.64 bits per heavy atom. The van der Waals surface area contributed by atoms with E-state index in [1.165, 1.54) is 0 Å². The zero-order valence-corrected chi connectivity index (χ0v) is 15.5. The normalized spacial score (nSPS) is 27.2. The topological polar surface area (TPSA) is 105 Å². The van der Waals surface area contributed by atoms with Crippen molar-refractivity contribution in [3.8, 4) is 5.75 Å². The zero-order chi connectivity index (χ0) is 20.1. The van der Waals surface area contributed by atoms with Gasteiger partial charge in [0.25, 0.3) is 0 Å². The Balaban J connectivity index is 1.50. The van der Waals surface area contributed by atoms with Gasteiger partial charge < -0.3 is 29.5 Å². The standard InChI is InChI=1S/C21H24O7/c1-13-18(22)20(24)19(23)17(28-13)12-27-21(25)15-7-9-16(10-8-15)26-11-14-5-3-2-4-6-14/h2-10,13,17-20,22-24H,11-12H2,1H3/t13?,17-,18+,19+,20-/m1/s1. The van der Waals surface area contributed by atoms with Gasteiger partial charge in [0.2, 0.25) is 0 Å². The number of aliphatic hydroxyl groups is 3. The second-order valence-electron chi connectivity index (χ2n) is 6.75. The number of aliphatic hydroxyl groups excluding tert-OH is 3. The molecule has 1 unspecified atom stereocenters. The van der Waals surface area contributed by atoms with E-state index in [-0.39, 0.29) is 6.61 Å². The summed E-state index contributed by atoms with van der Waals surface area (Å²) in [7, 11) is 0. The summed E-state index contributed by atoms with van der Waals surface area (Å²) >= 11 is 0. The third kappa shape index (κ3) is 4.88. The van der Waals surface area contributed by atoms with Crippen molar-refractivity contribution in [3.05, 3.63) is 65.7 Å². The maximum Gasteiger partial charge on any atom is 0.338 e. The summed E-state index contributed by atoms with van der Waals surface area (Å²) in [5.41, 5.74) is 1.37. The highest BCUT2D eigenvalue weighted by Crippen LogP contribution is 2.22. The number of ether oxygens (including phenoxy) is 3. The number of esters is 1. The Kier molecular flexibility index (Phi) is 6.64. The molecular formula is C21H24O7. The van der Waals surface area contributed by atoms with Crippen molar-refractivity contribution >= 4 is 5.97 Å². The van der Waals surface area contributed by atoms with E-state index in [1.54, 1.807) is 31.2 Å². The Morgan fingerprint density at radius 3 is 2.32 bits per heavy atom. The average molecular weight is 388 g/mol. The van der Waals surface area contributed by atoms with E-state index < -0.39 is 36.5 Å². The van der Waals surface area contributed by atoms with Gasteiger partial charge in [0.1, 0.15) is 43.4 Å². The predicted molar refractivity (Wildman–Crippen MR) is 99.9 cm³/mol. The van der Waals surface area contributed by atoms with E-state index in [0.29, 0.717) is 17.9 Å². The van der Waals surface area contributed by atoms with Crippen molar-refractivity contribution < 1.29 is 34.3 Å². The van der Waals surface area contributed by atoms with Gasteiger partial charge in [-0.15, -0.1) is 0 Å². The quantitative estimate of drug-likeness (QED) is 0.641. The summed E-state index contributed by atoms with van der Waals surface area (Å²) in [6, 6.07) is 16.3. The fraction of sp³-hybridized carbons (Fsp3) is 0.381. The number of carbonyl (C=O) groups excluding carboxylic acids is 1. The minimum absolute atomic E-state index is 0.236. The number of rotatable bonds is 6. The number of hydrogen-bond acceptors (Lipinski definition) is 7. The van der Waals surface area contributed by atoms with Crippen molar-refractivity contribution in [2.24, 2.45) is 0 Å². The molecule has 0 amide bonds. The van der Waals surface area contributed by atoms with Gasteiger partial charge >= 0.3 is 5.97 Å². The second kappa shape index (κ2) is 9.16. The third-order valence-corrected chi connectivity index (χ3v) is 4.67. The van der Waals surface area contributed by atoms with Gasteiger partial charge in [-0.25, -0.2) is 4.79 Å². The minimum Gasteiger partial charge on any atom is -0.489 e. The van der Waals surface area contributed by atoms with Crippen LogP contribution in [0.15, 0.2) is 54.6 Å². The molecule has 3 N–H and O–H groups in total. The maximum absolute atomic E-state index is 12.2. The van der Waals surface area contributed by atoms with Crippen LogP contribution in [0.25, 0.3) is 0 Å². The van der Waals surface area contributed by atoms with Crippen LogP contribution in [-0.4, -0.2) is 58.4 Å². The molecule has 28 heavy (non-hydrogen) atoms. The second-order valence-corrected chi connectivity index (χ2v) is 6.75. The van der Waals surface area contributed by atoms with Crippen LogP contribution < -0.4 is 4.74 Å². The lowest BCUT2D eigenvalue weighted by molar-refractivity contribution is -0.224. The predicted octanol–water partition coefficient (Wildman–Crippen LogP) is 1.29. The lowest BCUT2D eigenvalue weighted by atomic mass is 9.96. The molecule has 1 heterocycles. The zero-order valence-electron chi connectivity index (χ0n) is 15.5. The van der Waals surface area contributed by atoms with E-state index >= 15 is 0 Å². The number of carbonyl (C=O) groups is 1. The molecule has 1 fully saturated rings. The lowest BCUT2D eigenvalue weighted by Crippen LogP contribution is -2.57. The molecule has 7 heteroatoms. The highest BCUT2D eigenvalue weighted by atomic mass is 16.6. The first-order valence-electron chi connectivity index (χ1n) is 9.09. The lowest BCUT2D eigenvalue weighted by Gasteiger charge is -2.38. The largest absolute Gasteiger partial charge is 0.489 e. The summed E-state index contributed by atoms with van der Waals surface area (Å²) < 4.78 is 16.3. The van der Waals surface area contributed by atoms with Gasteiger partial charge in [-0.3, -0.25) is 0 Å². The Labute approximate surface area is 163 Å². The molecular weight excluding hydrogens is 364 g/mol. The summed E-state index contributed by atoms with van der Waals surface area (Å²) in [5, 5.41) is 29.4. The fourth-order valence-electron chi connectivity index (χ4n) is 2.94. The van der Waals surface area contributed by atoms with Gasteiger partial charge in [0.05, 0.1) is 11.7 Å². The first kappa shape index (κ1) is 20.3. The number of benzene rings is 2. The molecule has 2 aromatic rings. The summed E-state index contributed by atoms with van der Waals surface area (Å²) in [6.07, 6.45) is -5.47. The molecule has 0 aromatic heterocycles. The smallest absolute Gasteiger partial charge is 0.338 e. The van der Waals surface area contributed by atoms with Crippen molar-refractivity contribution in [2.45, 2.75) is 44.1 Å². The molecule has 0 radical (unpaired) electrons. The Morgan fingerprint density at radius 1 is 0.964 bits per heavy atom. The molecule has 150 valence electrons. The van der Waals surface area contributed by atoms with Gasteiger partial charge in [-0.2, -0.15) is 0 Å². The van der Waals surface area contributed by atoms with Crippen LogP contribution in [0.2, 0.25) is 0 Å². The van der Waals surface area contributed by atoms with Crippen molar-refractivity contribution in [3.63, 3.8) is 0 Å². The van der Waals surface area contributed by atoms with Crippen LogP contribution in [0.1, 0.15) is 22.8 Å². The molecule has 0 spiro atoms. The summed E-state index contributed by atoms with van der Waals surface area (Å²) in [5.74, 6) is 0.0380. The summed E-state index contributed by atoms with van der Waals surface area (Å²) in [6.45, 7) is 1.76. The van der Waals surface area contributed by atoms with Crippen LogP contribution in [-0.2, 0) is 16.1 Å². The molecule has 1 aliphatic heterocycles. The molecule has 2 aromatic carbocycles. The molecule has 0 aliphatic carbocycles. The van der Waals surface area contributed by atoms with E-state index in [2.05, 4.69) is 0 Å². The Hall–Kier alpha value is -2.45. The summed E-state index contributed by atoms with van der Waals surface area (Å²) in [4.78, 5) is 12.2. The molecule has 0 saturated carbocycles. The van der Waals surface area contributed by atoms with Crippen molar-refractivity contribution in [1.29, 1.82) is 0 Å². The van der Waals surface area contributed by atoms with Gasteiger partial charge in [0.15, 0.2) is 0 Å². The van der Waals surface area contributed by atoms with Crippen LogP contribution in [0.3, 0.4) is 0 Å². The van der Waals surface area contributed by atoms with Crippen LogP contribution in [0.5, 0.6) is 5.75 Å². The van der Waals surface area contributed by atoms with E-state index in [0.717, 1.165) is 5.56 Å². The van der Waals surface area contributed by atoms with Crippen molar-refractivity contribution in [2.75, 3.05) is 6.61 Å². The fourth-order valence-corrected chi connectivity index (χ4v) is 2.94. The third-order valence-electron chi connectivity index (χ3n) is 4.67. The molecule has 5 atom stereocenters. The van der Waals surface area contributed by atoms with E-state index in [1.807, 2.05) is 30.3 Å². The van der Waals surface area contributed by atoms with E-state index in [4.69, 9.17) is 14.2 Å². The molecule has 1 saturated heterocycles. The highest BCUT2D eigenvalue weighted by Gasteiger charge is 2.42. The molecule has 7 nitrogen and oxygen atoms in total. The van der Waals surface area contributed by atoms with Crippen molar-refractivity contribution in [1.82, 2.24) is 0 Å². The van der Waals surface area contributed by atoms with Crippen LogP contribution in [0.4, 0.5) is 0 Å². The minimum atomic E-state index is -1.35. The SMILES string of the molecule is CC1O[C@H](COC(=O)c2ccc(OCc3ccccc3)cc2)[C@H](O)[C@H](O)[C@H]1O. The first-order chi connectivity index (χ1) is 13.5. The Bertz CT molecular complexity index is 762. The van der Waals surface area contributed by atoms with Gasteiger partial charge in [-0.05, 0) is 36.8 Å². The van der Waals surface area contributed by atoms with Gasteiger partial charge in [0, 0.05) is 0 Å². The monoisotopic (exact) mass is 388 g/mol. The average Bonchev–Trinajstić information content (AvgIpc) is 2.73. The van der Waals surface area contributed by atoms with E-state index in [9.17, 15) is 20.1 Å². The molecule has 1 aliphatic rings. The van der Waals surface area contributed by atoms with Crippen LogP contribution >= 0.6 is 0 Å². The van der Waals surface area contributed by atoms with Gasteiger partial charge in [-0.1, -0.05) is 30.3 Å². The highest BCUT2D eigenvalue weighted by molar-refractivity contribution is 5.89. The van der Waals surface area contributed by atoms with Crippen LogP contribution in [0, 0.1) is 0 Å². The first-order valence-corrected chi connectivity index (χ1v) is 9.09. The number of hydrogen-bond donors (Lipinski definition) is 3. The maximum atomic E-state index is 12.2. The molecule has 0 bridgehead atoms.